The third kappa shape index (κ3) is 3.75. The molecule has 0 N–H and O–H groups in total. The van der Waals surface area contributed by atoms with Gasteiger partial charge in [-0.25, -0.2) is 0 Å². The van der Waals surface area contributed by atoms with Gasteiger partial charge in [0, 0.05) is 42.9 Å². The summed E-state index contributed by atoms with van der Waals surface area (Å²) in [6.07, 6.45) is 1.99. The number of carbonyl (C=O) groups is 1. The fourth-order valence-corrected chi connectivity index (χ4v) is 6.74. The molecule has 1 saturated heterocycles. The summed E-state index contributed by atoms with van der Waals surface area (Å²) in [4.78, 5) is 27.4. The highest BCUT2D eigenvalue weighted by atomic mass is 32.2. The maximum absolute atomic E-state index is 13.0. The molecule has 2 bridgehead atoms. The summed E-state index contributed by atoms with van der Waals surface area (Å²) in [5.41, 5.74) is 7.05. The number of hydrogen-bond acceptors (Lipinski definition) is 4. The number of pyridine rings is 1. The van der Waals surface area contributed by atoms with Gasteiger partial charge in [-0.1, -0.05) is 66.4 Å². The molecule has 3 aromatic rings. The first-order chi connectivity index (χ1) is 16.1. The summed E-state index contributed by atoms with van der Waals surface area (Å²) in [5, 5.41) is 0. The second-order valence-corrected chi connectivity index (χ2v) is 10.9. The van der Waals surface area contributed by atoms with E-state index in [1.165, 1.54) is 34.0 Å². The number of benzene rings is 2. The van der Waals surface area contributed by atoms with Gasteiger partial charge in [0.2, 0.25) is 0 Å². The van der Waals surface area contributed by atoms with Crippen LogP contribution in [0.4, 0.5) is 0 Å². The molecule has 3 heterocycles. The zero-order chi connectivity index (χ0) is 22.5. The molecular weight excluding hydrogens is 448 g/mol. The predicted octanol–water partition coefficient (Wildman–Crippen LogP) is 4.74. The second-order valence-electron chi connectivity index (χ2n) is 9.29. The molecule has 0 spiro atoms. The van der Waals surface area contributed by atoms with Crippen molar-refractivity contribution in [2.75, 3.05) is 18.8 Å². The smallest absolute Gasteiger partial charge is 0.250 e. The van der Waals surface area contributed by atoms with Crippen LogP contribution in [0, 0.1) is 5.92 Å². The Hall–Kier alpha value is -2.70. The Bertz CT molecular complexity index is 1350. The molecule has 0 radical (unpaired) electrons. The molecule has 0 unspecified atom stereocenters. The number of piperidine rings is 1. The fraction of sp³-hybridized carbons (Fsp3) is 0.296. The van der Waals surface area contributed by atoms with Gasteiger partial charge in [-0.3, -0.25) is 9.59 Å². The standard InChI is InChI=1S/C27H24N2O2S2/c30-25(19-8-9-23-20(12-19)11-18-4-1-2-5-22(18)23)16-33-27(32)28-13-17-10-21(15-28)24-6-3-7-26(31)29(24)14-17/h1-9,12,17,21H,10-11,13-16H2/t17-,21+/m0/s1. The predicted molar refractivity (Wildman–Crippen MR) is 137 cm³/mol. The van der Waals surface area contributed by atoms with Gasteiger partial charge in [0.15, 0.2) is 5.78 Å². The molecule has 1 fully saturated rings. The van der Waals surface area contributed by atoms with Crippen LogP contribution < -0.4 is 5.56 Å². The van der Waals surface area contributed by atoms with Crippen LogP contribution in [0.25, 0.3) is 11.1 Å². The summed E-state index contributed by atoms with van der Waals surface area (Å²) in [6, 6.07) is 20.1. The van der Waals surface area contributed by atoms with Crippen LogP contribution in [0.2, 0.25) is 0 Å². The molecule has 2 aliphatic heterocycles. The van der Waals surface area contributed by atoms with Gasteiger partial charge < -0.3 is 9.47 Å². The number of hydrogen-bond donors (Lipinski definition) is 0. The maximum atomic E-state index is 13.0. The SMILES string of the molecule is O=C(CSC(=S)N1C[C@@H]2C[C@H](C1)c1cccc(=O)n1C2)c1ccc2c(c1)Cc1ccccc1-2. The molecule has 2 aromatic carbocycles. The van der Waals surface area contributed by atoms with Crippen molar-refractivity contribution in [2.24, 2.45) is 5.92 Å². The van der Waals surface area contributed by atoms with Crippen molar-refractivity contribution in [3.63, 3.8) is 0 Å². The van der Waals surface area contributed by atoms with E-state index in [0.29, 0.717) is 17.6 Å². The number of carbonyl (C=O) groups excluding carboxylic acids is 1. The number of thiocarbonyl (C=S) groups is 1. The van der Waals surface area contributed by atoms with Crippen LogP contribution in [0.3, 0.4) is 0 Å². The van der Waals surface area contributed by atoms with Gasteiger partial charge in [-0.05, 0) is 53.1 Å². The van der Waals surface area contributed by atoms with Crippen LogP contribution in [0.15, 0.2) is 65.5 Å². The van der Waals surface area contributed by atoms with Crippen molar-refractivity contribution in [3.05, 3.63) is 93.4 Å². The van der Waals surface area contributed by atoms with Gasteiger partial charge in [-0.15, -0.1) is 0 Å². The van der Waals surface area contributed by atoms with Crippen molar-refractivity contribution < 1.29 is 4.79 Å². The van der Waals surface area contributed by atoms with Crippen molar-refractivity contribution in [1.29, 1.82) is 0 Å². The van der Waals surface area contributed by atoms with Gasteiger partial charge in [0.05, 0.1) is 5.75 Å². The zero-order valence-electron chi connectivity index (χ0n) is 18.2. The van der Waals surface area contributed by atoms with Crippen molar-refractivity contribution in [2.45, 2.75) is 25.3 Å². The molecule has 166 valence electrons. The number of ketones is 1. The molecule has 3 aliphatic rings. The van der Waals surface area contributed by atoms with E-state index in [9.17, 15) is 9.59 Å². The lowest BCUT2D eigenvalue weighted by Gasteiger charge is -2.43. The fourth-order valence-electron chi connectivity index (χ4n) is 5.67. The molecule has 4 nitrogen and oxygen atoms in total. The number of thioether (sulfide) groups is 1. The van der Waals surface area contributed by atoms with Gasteiger partial charge in [0.1, 0.15) is 4.32 Å². The average molecular weight is 473 g/mol. The third-order valence-corrected chi connectivity index (χ3v) is 8.70. The molecule has 6 heteroatoms. The van der Waals surface area contributed by atoms with Crippen LogP contribution >= 0.6 is 24.0 Å². The number of nitrogens with zero attached hydrogens (tertiary/aromatic N) is 2. The Balaban J connectivity index is 1.11. The van der Waals surface area contributed by atoms with E-state index in [-0.39, 0.29) is 11.3 Å². The van der Waals surface area contributed by atoms with E-state index in [2.05, 4.69) is 47.4 Å². The largest absolute Gasteiger partial charge is 0.356 e. The summed E-state index contributed by atoms with van der Waals surface area (Å²) < 4.78 is 2.72. The minimum Gasteiger partial charge on any atom is -0.356 e. The number of aromatic nitrogens is 1. The zero-order valence-corrected chi connectivity index (χ0v) is 19.8. The van der Waals surface area contributed by atoms with Gasteiger partial charge >= 0.3 is 0 Å². The summed E-state index contributed by atoms with van der Waals surface area (Å²) >= 11 is 7.21. The van der Waals surface area contributed by atoms with Gasteiger partial charge in [0.25, 0.3) is 5.56 Å². The first kappa shape index (κ1) is 20.9. The molecule has 1 aromatic heterocycles. The molecule has 1 aliphatic carbocycles. The van der Waals surface area contributed by atoms with Crippen molar-refractivity contribution in [3.8, 4) is 11.1 Å². The molecule has 6 rings (SSSR count). The highest BCUT2D eigenvalue weighted by Crippen LogP contribution is 2.38. The maximum Gasteiger partial charge on any atom is 0.250 e. The van der Waals surface area contributed by atoms with Gasteiger partial charge in [-0.2, -0.15) is 0 Å². The highest BCUT2D eigenvalue weighted by Gasteiger charge is 2.35. The van der Waals surface area contributed by atoms with Crippen LogP contribution in [0.5, 0.6) is 0 Å². The number of rotatable bonds is 3. The number of fused-ring (bicyclic) bond motifs is 7. The molecule has 0 saturated carbocycles. The Morgan fingerprint density at radius 1 is 0.970 bits per heavy atom. The number of likely N-dealkylation sites (tertiary alicyclic amines) is 1. The Morgan fingerprint density at radius 3 is 2.73 bits per heavy atom. The third-order valence-electron chi connectivity index (χ3n) is 7.18. The van der Waals surface area contributed by atoms with E-state index >= 15 is 0 Å². The topological polar surface area (TPSA) is 42.3 Å². The van der Waals surface area contributed by atoms with Crippen LogP contribution in [0.1, 0.15) is 39.5 Å². The monoisotopic (exact) mass is 472 g/mol. The van der Waals surface area contributed by atoms with E-state index in [1.807, 2.05) is 16.7 Å². The van der Waals surface area contributed by atoms with Crippen LogP contribution in [-0.2, 0) is 13.0 Å². The minimum absolute atomic E-state index is 0.0932. The lowest BCUT2D eigenvalue weighted by molar-refractivity contribution is 0.102. The lowest BCUT2D eigenvalue weighted by atomic mass is 9.83. The molecule has 2 atom stereocenters. The first-order valence-electron chi connectivity index (χ1n) is 11.4. The quantitative estimate of drug-likeness (QED) is 0.318. The lowest BCUT2D eigenvalue weighted by Crippen LogP contribution is -2.48. The van der Waals surface area contributed by atoms with Crippen molar-refractivity contribution >= 4 is 34.1 Å². The minimum atomic E-state index is 0.0932. The normalized spacial score (nSPS) is 20.1. The van der Waals surface area contributed by atoms with Crippen LogP contribution in [-0.4, -0.2) is 38.4 Å². The summed E-state index contributed by atoms with van der Waals surface area (Å²) in [7, 11) is 0. The second kappa shape index (κ2) is 8.26. The Kier molecular flexibility index (Phi) is 5.23. The van der Waals surface area contributed by atoms with E-state index in [4.69, 9.17) is 12.2 Å². The van der Waals surface area contributed by atoms with Crippen molar-refractivity contribution in [1.82, 2.24) is 9.47 Å². The summed E-state index contributed by atoms with van der Waals surface area (Å²) in [6.45, 7) is 2.43. The highest BCUT2D eigenvalue weighted by molar-refractivity contribution is 8.23. The summed E-state index contributed by atoms with van der Waals surface area (Å²) in [5.74, 6) is 1.21. The van der Waals surface area contributed by atoms with E-state index in [1.54, 1.807) is 6.07 Å². The molecule has 0 amide bonds. The molecular formula is C27H24N2O2S2. The Morgan fingerprint density at radius 2 is 1.82 bits per heavy atom. The Labute approximate surface area is 202 Å². The van der Waals surface area contributed by atoms with E-state index in [0.717, 1.165) is 48.1 Å². The first-order valence-corrected chi connectivity index (χ1v) is 12.8. The van der Waals surface area contributed by atoms with E-state index < -0.39 is 0 Å². The number of Topliss-reactive ketones (excluding diaryl/α,β-unsaturated/α-hetero) is 1. The molecule has 33 heavy (non-hydrogen) atoms. The average Bonchev–Trinajstić information content (AvgIpc) is 3.21.